The van der Waals surface area contributed by atoms with Crippen LogP contribution in [-0.4, -0.2) is 18.0 Å². The highest BCUT2D eigenvalue weighted by Crippen LogP contribution is 2.45. The fourth-order valence-electron chi connectivity index (χ4n) is 3.73. The molecular weight excluding hydrogens is 353 g/mol. The van der Waals surface area contributed by atoms with Crippen LogP contribution >= 0.6 is 33.9 Å². The van der Waals surface area contributed by atoms with Crippen molar-refractivity contribution in [3.05, 3.63) is 19.9 Å². The number of rotatable bonds is 2. The molecule has 1 saturated heterocycles. The molecular formula is C15H22INS. The first kappa shape index (κ1) is 13.4. The number of nitrogens with zero attached hydrogens (tertiary/aromatic N) is 1. The van der Waals surface area contributed by atoms with E-state index in [4.69, 9.17) is 0 Å². The molecule has 0 unspecified atom stereocenters. The molecule has 0 spiro atoms. The van der Waals surface area contributed by atoms with E-state index in [1.807, 2.05) is 11.3 Å². The third kappa shape index (κ3) is 2.50. The normalized spacial score (nSPS) is 25.2. The minimum atomic E-state index is 0.409. The van der Waals surface area contributed by atoms with E-state index >= 15 is 0 Å². The van der Waals surface area contributed by atoms with E-state index in [2.05, 4.69) is 38.9 Å². The van der Waals surface area contributed by atoms with Crippen LogP contribution in [0, 0.1) is 3.57 Å². The molecule has 0 amide bonds. The van der Waals surface area contributed by atoms with E-state index in [9.17, 15) is 0 Å². The lowest BCUT2D eigenvalue weighted by Gasteiger charge is -2.48. The average molecular weight is 375 g/mol. The maximum absolute atomic E-state index is 2.83. The quantitative estimate of drug-likeness (QED) is 0.658. The molecule has 1 saturated carbocycles. The molecule has 100 valence electrons. The largest absolute Gasteiger partial charge is 0.293 e. The molecule has 18 heavy (non-hydrogen) atoms. The van der Waals surface area contributed by atoms with Gasteiger partial charge >= 0.3 is 0 Å². The van der Waals surface area contributed by atoms with Gasteiger partial charge in [0, 0.05) is 13.8 Å². The van der Waals surface area contributed by atoms with Crippen LogP contribution in [0.3, 0.4) is 0 Å². The monoisotopic (exact) mass is 375 g/mol. The highest BCUT2D eigenvalue weighted by Gasteiger charge is 2.40. The van der Waals surface area contributed by atoms with Crippen LogP contribution in [0.4, 0.5) is 0 Å². The highest BCUT2D eigenvalue weighted by atomic mass is 127. The first-order valence-electron chi connectivity index (χ1n) is 7.31. The maximum Gasteiger partial charge on any atom is 0.0554 e. The van der Waals surface area contributed by atoms with E-state index in [0.717, 1.165) is 0 Å². The number of hydrogen-bond donors (Lipinski definition) is 0. The molecule has 0 aromatic carbocycles. The summed E-state index contributed by atoms with van der Waals surface area (Å²) >= 11 is 4.47. The Labute approximate surface area is 128 Å². The van der Waals surface area contributed by atoms with Crippen molar-refractivity contribution in [2.24, 2.45) is 0 Å². The second kappa shape index (κ2) is 5.80. The predicted octanol–water partition coefficient (Wildman–Crippen LogP) is 5.00. The standard InChI is InChI=1S/C15H22INS/c16-13-11-14(18-12-13)15(7-3-1-4-8-15)17-9-5-2-6-10-17/h11-12H,1-10H2. The number of likely N-dealkylation sites (tertiary alicyclic amines) is 1. The van der Waals surface area contributed by atoms with Gasteiger partial charge in [-0.1, -0.05) is 25.7 Å². The zero-order valence-electron chi connectivity index (χ0n) is 11.0. The summed E-state index contributed by atoms with van der Waals surface area (Å²) in [4.78, 5) is 4.48. The van der Waals surface area contributed by atoms with Gasteiger partial charge in [-0.25, -0.2) is 0 Å². The average Bonchev–Trinajstić information content (AvgIpc) is 2.88. The van der Waals surface area contributed by atoms with E-state index in [-0.39, 0.29) is 0 Å². The summed E-state index contributed by atoms with van der Waals surface area (Å²) in [6, 6.07) is 2.45. The third-order valence-electron chi connectivity index (χ3n) is 4.67. The minimum absolute atomic E-state index is 0.409. The molecule has 3 rings (SSSR count). The number of thiophene rings is 1. The molecule has 3 heteroatoms. The topological polar surface area (TPSA) is 3.24 Å². The van der Waals surface area contributed by atoms with Gasteiger partial charge in [0.25, 0.3) is 0 Å². The SMILES string of the molecule is Ic1csc(C2(N3CCCCC3)CCCCC2)c1. The van der Waals surface area contributed by atoms with Crippen LogP contribution in [0.2, 0.25) is 0 Å². The van der Waals surface area contributed by atoms with Crippen LogP contribution in [0.15, 0.2) is 11.4 Å². The fourth-order valence-corrected chi connectivity index (χ4v) is 5.69. The van der Waals surface area contributed by atoms with E-state index < -0.39 is 0 Å². The second-order valence-electron chi connectivity index (χ2n) is 5.77. The van der Waals surface area contributed by atoms with Crippen LogP contribution < -0.4 is 0 Å². The van der Waals surface area contributed by atoms with Gasteiger partial charge in [-0.05, 0) is 67.4 Å². The Balaban J connectivity index is 1.91. The second-order valence-corrected chi connectivity index (χ2v) is 7.93. The third-order valence-corrected chi connectivity index (χ3v) is 6.84. The summed E-state index contributed by atoms with van der Waals surface area (Å²) in [7, 11) is 0. The number of hydrogen-bond acceptors (Lipinski definition) is 2. The molecule has 2 fully saturated rings. The van der Waals surface area contributed by atoms with Crippen LogP contribution in [-0.2, 0) is 5.54 Å². The number of halogens is 1. The van der Waals surface area contributed by atoms with E-state index in [0.29, 0.717) is 5.54 Å². The van der Waals surface area contributed by atoms with Crippen molar-refractivity contribution in [3.8, 4) is 0 Å². The molecule has 0 radical (unpaired) electrons. The van der Waals surface area contributed by atoms with Gasteiger partial charge in [-0.2, -0.15) is 0 Å². The molecule has 2 heterocycles. The lowest BCUT2D eigenvalue weighted by molar-refractivity contribution is 0.0332. The summed E-state index contributed by atoms with van der Waals surface area (Å²) in [5.41, 5.74) is 0.409. The van der Waals surface area contributed by atoms with Gasteiger partial charge in [0.1, 0.15) is 0 Å². The zero-order chi connectivity index (χ0) is 12.4. The van der Waals surface area contributed by atoms with Crippen LogP contribution in [0.25, 0.3) is 0 Å². The van der Waals surface area contributed by atoms with Gasteiger partial charge in [-0.3, -0.25) is 4.90 Å². The van der Waals surface area contributed by atoms with Gasteiger partial charge in [0.2, 0.25) is 0 Å². The summed E-state index contributed by atoms with van der Waals surface area (Å²) in [5.74, 6) is 0. The highest BCUT2D eigenvalue weighted by molar-refractivity contribution is 14.1. The zero-order valence-corrected chi connectivity index (χ0v) is 13.9. The minimum Gasteiger partial charge on any atom is -0.293 e. The van der Waals surface area contributed by atoms with Gasteiger partial charge in [0.15, 0.2) is 0 Å². The maximum atomic E-state index is 2.83. The predicted molar refractivity (Wildman–Crippen MR) is 87.2 cm³/mol. The first-order chi connectivity index (χ1) is 8.81. The Morgan fingerprint density at radius 1 is 1.00 bits per heavy atom. The molecule has 1 aromatic heterocycles. The lowest BCUT2D eigenvalue weighted by Crippen LogP contribution is -2.49. The Kier molecular flexibility index (Phi) is 4.31. The fraction of sp³-hybridized carbons (Fsp3) is 0.733. The summed E-state index contributed by atoms with van der Waals surface area (Å²) in [6.45, 7) is 2.66. The molecule has 1 nitrogen and oxygen atoms in total. The molecule has 1 aliphatic heterocycles. The number of piperidine rings is 1. The summed E-state index contributed by atoms with van der Waals surface area (Å²) < 4.78 is 1.43. The molecule has 0 N–H and O–H groups in total. The van der Waals surface area contributed by atoms with Crippen molar-refractivity contribution < 1.29 is 0 Å². The Morgan fingerprint density at radius 3 is 2.28 bits per heavy atom. The molecule has 0 atom stereocenters. The van der Waals surface area contributed by atoms with E-state index in [1.165, 1.54) is 68.0 Å². The van der Waals surface area contributed by atoms with Crippen molar-refractivity contribution in [3.63, 3.8) is 0 Å². The Hall–Kier alpha value is 0.390. The van der Waals surface area contributed by atoms with Crippen molar-refractivity contribution >= 4 is 33.9 Å². The smallest absolute Gasteiger partial charge is 0.0554 e. The molecule has 2 aliphatic rings. The molecule has 1 aliphatic carbocycles. The van der Waals surface area contributed by atoms with Gasteiger partial charge in [0.05, 0.1) is 5.54 Å². The van der Waals surface area contributed by atoms with Crippen LogP contribution in [0.1, 0.15) is 56.2 Å². The first-order valence-corrected chi connectivity index (χ1v) is 9.27. The van der Waals surface area contributed by atoms with Crippen molar-refractivity contribution in [2.75, 3.05) is 13.1 Å². The Morgan fingerprint density at radius 2 is 1.67 bits per heavy atom. The molecule has 1 aromatic rings. The van der Waals surface area contributed by atoms with Gasteiger partial charge in [-0.15, -0.1) is 11.3 Å². The van der Waals surface area contributed by atoms with Crippen molar-refractivity contribution in [1.29, 1.82) is 0 Å². The molecule has 0 bridgehead atoms. The lowest BCUT2D eigenvalue weighted by atomic mass is 9.78. The van der Waals surface area contributed by atoms with Crippen molar-refractivity contribution in [1.82, 2.24) is 4.90 Å². The van der Waals surface area contributed by atoms with Crippen molar-refractivity contribution in [2.45, 2.75) is 56.9 Å². The van der Waals surface area contributed by atoms with Gasteiger partial charge < -0.3 is 0 Å². The summed E-state index contributed by atoms with van der Waals surface area (Å²) in [6.07, 6.45) is 11.3. The Bertz CT molecular complexity index is 389. The van der Waals surface area contributed by atoms with Crippen LogP contribution in [0.5, 0.6) is 0 Å². The summed E-state index contributed by atoms with van der Waals surface area (Å²) in [5, 5.41) is 2.33. The van der Waals surface area contributed by atoms with E-state index in [1.54, 1.807) is 4.88 Å².